The van der Waals surface area contributed by atoms with Gasteiger partial charge in [-0.15, -0.1) is 11.3 Å². The molecule has 7 heteroatoms. The first-order chi connectivity index (χ1) is 14.7. The molecule has 1 aliphatic heterocycles. The van der Waals surface area contributed by atoms with Crippen LogP contribution >= 0.6 is 11.3 Å². The molecule has 0 aliphatic carbocycles. The quantitative estimate of drug-likeness (QED) is 0.542. The van der Waals surface area contributed by atoms with Crippen LogP contribution in [0.25, 0.3) is 32.9 Å². The molecule has 150 valence electrons. The Morgan fingerprint density at radius 2 is 1.93 bits per heavy atom. The molecule has 1 aromatic carbocycles. The average molecular weight is 416 g/mol. The van der Waals surface area contributed by atoms with Crippen LogP contribution in [-0.4, -0.2) is 33.9 Å². The Morgan fingerprint density at radius 1 is 1.10 bits per heavy atom. The van der Waals surface area contributed by atoms with E-state index in [1.807, 2.05) is 36.4 Å². The Bertz CT molecular complexity index is 1190. The van der Waals surface area contributed by atoms with E-state index in [-0.39, 0.29) is 11.8 Å². The van der Waals surface area contributed by atoms with Gasteiger partial charge in [-0.3, -0.25) is 9.78 Å². The van der Waals surface area contributed by atoms with Crippen molar-refractivity contribution in [3.63, 3.8) is 0 Å². The number of carbonyl (C=O) groups excluding carboxylic acids is 1. The average Bonchev–Trinajstić information content (AvgIpc) is 3.24. The van der Waals surface area contributed by atoms with E-state index in [2.05, 4.69) is 27.4 Å². The third-order valence-corrected chi connectivity index (χ3v) is 6.39. The number of rotatable bonds is 4. The molecular weight excluding hydrogens is 394 g/mol. The van der Waals surface area contributed by atoms with E-state index in [1.54, 1.807) is 17.5 Å². The topological polar surface area (TPSA) is 85.0 Å². The maximum atomic E-state index is 11.9. The van der Waals surface area contributed by atoms with Crippen LogP contribution in [0.15, 0.2) is 60.1 Å². The summed E-state index contributed by atoms with van der Waals surface area (Å²) in [5.41, 5.74) is 8.61. The molecule has 0 bridgehead atoms. The van der Waals surface area contributed by atoms with Crippen molar-refractivity contribution in [2.45, 2.75) is 12.8 Å². The van der Waals surface area contributed by atoms with E-state index in [4.69, 9.17) is 15.7 Å². The van der Waals surface area contributed by atoms with Crippen molar-refractivity contribution in [3.8, 4) is 22.6 Å². The lowest BCUT2D eigenvalue weighted by atomic mass is 9.97. The molecule has 0 spiro atoms. The first-order valence-electron chi connectivity index (χ1n) is 10.0. The van der Waals surface area contributed by atoms with Gasteiger partial charge in [0.1, 0.15) is 16.3 Å². The van der Waals surface area contributed by atoms with Gasteiger partial charge in [0, 0.05) is 30.2 Å². The van der Waals surface area contributed by atoms with Crippen LogP contribution in [0.4, 0.5) is 5.82 Å². The molecule has 30 heavy (non-hydrogen) atoms. The van der Waals surface area contributed by atoms with Crippen molar-refractivity contribution in [2.75, 3.05) is 18.0 Å². The maximum Gasteiger partial charge on any atom is 0.222 e. The minimum absolute atomic E-state index is 0.166. The fourth-order valence-corrected chi connectivity index (χ4v) is 4.94. The van der Waals surface area contributed by atoms with Crippen molar-refractivity contribution in [1.82, 2.24) is 15.0 Å². The summed E-state index contributed by atoms with van der Waals surface area (Å²) < 4.78 is 0. The molecule has 0 saturated carbocycles. The lowest BCUT2D eigenvalue weighted by molar-refractivity contribution is -0.122. The van der Waals surface area contributed by atoms with Gasteiger partial charge < -0.3 is 10.6 Å². The molecule has 1 aliphatic rings. The van der Waals surface area contributed by atoms with E-state index >= 15 is 0 Å². The normalized spacial score (nSPS) is 16.7. The Balaban J connectivity index is 1.70. The largest absolute Gasteiger partial charge is 0.369 e. The highest BCUT2D eigenvalue weighted by Crippen LogP contribution is 2.40. The Kier molecular flexibility index (Phi) is 4.88. The van der Waals surface area contributed by atoms with Crippen molar-refractivity contribution < 1.29 is 4.79 Å². The van der Waals surface area contributed by atoms with Gasteiger partial charge in [0.2, 0.25) is 5.91 Å². The summed E-state index contributed by atoms with van der Waals surface area (Å²) in [6.07, 6.45) is 3.47. The zero-order chi connectivity index (χ0) is 20.5. The summed E-state index contributed by atoms with van der Waals surface area (Å²) in [5, 5.41) is 3.16. The number of aromatic nitrogens is 3. The number of nitrogens with two attached hydrogens (primary N) is 1. The van der Waals surface area contributed by atoms with Crippen LogP contribution in [0.2, 0.25) is 0 Å². The first-order valence-corrected chi connectivity index (χ1v) is 10.9. The number of hydrogen-bond acceptors (Lipinski definition) is 6. The van der Waals surface area contributed by atoms with Gasteiger partial charge in [-0.2, -0.15) is 0 Å². The number of amides is 1. The molecular formula is C23H21N5OS. The lowest BCUT2D eigenvalue weighted by Gasteiger charge is -2.32. The second kappa shape index (κ2) is 7.84. The molecule has 2 N–H and O–H groups in total. The lowest BCUT2D eigenvalue weighted by Crippen LogP contribution is -2.41. The molecule has 3 aromatic heterocycles. The van der Waals surface area contributed by atoms with E-state index < -0.39 is 0 Å². The van der Waals surface area contributed by atoms with Crippen molar-refractivity contribution in [1.29, 1.82) is 0 Å². The summed E-state index contributed by atoms with van der Waals surface area (Å²) in [6.45, 7) is 1.41. The summed E-state index contributed by atoms with van der Waals surface area (Å²) in [6, 6.07) is 16.0. The minimum Gasteiger partial charge on any atom is -0.369 e. The van der Waals surface area contributed by atoms with Gasteiger partial charge in [0.05, 0.1) is 11.3 Å². The third-order valence-electron chi connectivity index (χ3n) is 5.52. The zero-order valence-electron chi connectivity index (χ0n) is 16.4. The van der Waals surface area contributed by atoms with Crippen molar-refractivity contribution in [3.05, 3.63) is 60.1 Å². The SMILES string of the molecule is NC(=O)C1CCCN(c2nc(-c3ccccn3)nc3scc(-c4ccccc4)c23)C1. The molecule has 1 fully saturated rings. The fraction of sp³-hybridized carbons (Fsp3) is 0.217. The first kappa shape index (κ1) is 18.7. The number of benzene rings is 1. The molecule has 6 nitrogen and oxygen atoms in total. The summed E-state index contributed by atoms with van der Waals surface area (Å²) in [4.78, 5) is 29.2. The molecule has 4 heterocycles. The van der Waals surface area contributed by atoms with Gasteiger partial charge >= 0.3 is 0 Å². The van der Waals surface area contributed by atoms with Crippen molar-refractivity contribution in [2.24, 2.45) is 11.7 Å². The minimum atomic E-state index is -0.247. The number of primary amides is 1. The number of hydrogen-bond donors (Lipinski definition) is 1. The number of nitrogens with zero attached hydrogens (tertiary/aromatic N) is 4. The number of fused-ring (bicyclic) bond motifs is 1. The Morgan fingerprint density at radius 3 is 2.70 bits per heavy atom. The second-order valence-corrected chi connectivity index (χ2v) is 8.33. The molecule has 1 saturated heterocycles. The van der Waals surface area contributed by atoms with Crippen LogP contribution < -0.4 is 10.6 Å². The number of piperidine rings is 1. The highest BCUT2D eigenvalue weighted by atomic mass is 32.1. The second-order valence-electron chi connectivity index (χ2n) is 7.47. The van der Waals surface area contributed by atoms with Crippen LogP contribution in [0, 0.1) is 5.92 Å². The highest BCUT2D eigenvalue weighted by Gasteiger charge is 2.28. The van der Waals surface area contributed by atoms with E-state index in [1.165, 1.54) is 0 Å². The molecule has 5 rings (SSSR count). The smallest absolute Gasteiger partial charge is 0.222 e. The van der Waals surface area contributed by atoms with Gasteiger partial charge in [-0.05, 0) is 30.5 Å². The molecule has 1 atom stereocenters. The number of pyridine rings is 1. The zero-order valence-corrected chi connectivity index (χ0v) is 17.2. The Hall–Kier alpha value is -3.32. The summed E-state index contributed by atoms with van der Waals surface area (Å²) in [7, 11) is 0. The standard InChI is InChI=1S/C23H21N5OS/c24-20(29)16-9-6-12-28(13-16)22-19-17(15-7-2-1-3-8-15)14-30-23(19)27-21(26-22)18-10-4-5-11-25-18/h1-5,7-8,10-11,14,16H,6,9,12-13H2,(H2,24,29). The van der Waals surface area contributed by atoms with Crippen LogP contribution in [0.5, 0.6) is 0 Å². The van der Waals surface area contributed by atoms with E-state index in [0.717, 1.165) is 52.2 Å². The number of anilines is 1. The fourth-order valence-electron chi connectivity index (χ4n) is 3.99. The molecule has 1 unspecified atom stereocenters. The number of carbonyl (C=O) groups is 1. The van der Waals surface area contributed by atoms with Crippen molar-refractivity contribution >= 4 is 33.3 Å². The summed E-state index contributed by atoms with van der Waals surface area (Å²) >= 11 is 1.61. The highest BCUT2D eigenvalue weighted by molar-refractivity contribution is 7.17. The van der Waals surface area contributed by atoms with Crippen LogP contribution in [0.1, 0.15) is 12.8 Å². The monoisotopic (exact) mass is 415 g/mol. The third kappa shape index (κ3) is 3.41. The van der Waals surface area contributed by atoms with Gasteiger partial charge in [0.15, 0.2) is 5.82 Å². The van der Waals surface area contributed by atoms with Crippen LogP contribution in [-0.2, 0) is 4.79 Å². The number of thiophene rings is 1. The van der Waals surface area contributed by atoms with Gasteiger partial charge in [-0.1, -0.05) is 36.4 Å². The summed E-state index contributed by atoms with van der Waals surface area (Å²) in [5.74, 6) is 1.04. The predicted molar refractivity (Wildman–Crippen MR) is 120 cm³/mol. The molecule has 4 aromatic rings. The predicted octanol–water partition coefficient (Wildman–Crippen LogP) is 4.12. The van der Waals surface area contributed by atoms with Gasteiger partial charge in [-0.25, -0.2) is 9.97 Å². The van der Waals surface area contributed by atoms with E-state index in [9.17, 15) is 4.79 Å². The maximum absolute atomic E-state index is 11.9. The molecule has 0 radical (unpaired) electrons. The Labute approximate surface area is 178 Å². The van der Waals surface area contributed by atoms with Crippen LogP contribution in [0.3, 0.4) is 0 Å². The van der Waals surface area contributed by atoms with Gasteiger partial charge in [0.25, 0.3) is 0 Å². The van der Waals surface area contributed by atoms with E-state index in [0.29, 0.717) is 12.4 Å². The molecule has 1 amide bonds.